The standard InChI is InChI=1S/C26H29N7O2/c1-26(2)20-12-17(11-18(21(20)31-24(26)35)15-7-4-3-5-8-15)30-23-19(22(28)34)13-29-25(32-23)33-10-6-9-16(27)14-33/h3-5,7-8,11-13,16H,6,9-10,14,27H2,1-2H3,(H2,28,34)(H,31,35)(H,29,30,32). The third kappa shape index (κ3) is 4.19. The lowest BCUT2D eigenvalue weighted by molar-refractivity contribution is -0.119. The molecule has 6 N–H and O–H groups in total. The van der Waals surface area contributed by atoms with Crippen LogP contribution in [0.15, 0.2) is 48.7 Å². The molecule has 2 amide bonds. The lowest BCUT2D eigenvalue weighted by Crippen LogP contribution is -2.43. The summed E-state index contributed by atoms with van der Waals surface area (Å²) in [6.45, 7) is 5.23. The summed E-state index contributed by atoms with van der Waals surface area (Å²) in [5.74, 6) is 0.117. The summed E-state index contributed by atoms with van der Waals surface area (Å²) in [6, 6.07) is 13.8. The number of benzene rings is 2. The number of amides is 2. The van der Waals surface area contributed by atoms with E-state index in [9.17, 15) is 9.59 Å². The molecule has 35 heavy (non-hydrogen) atoms. The highest BCUT2D eigenvalue weighted by molar-refractivity contribution is 6.10. The van der Waals surface area contributed by atoms with Crippen LogP contribution in [0.1, 0.15) is 42.6 Å². The van der Waals surface area contributed by atoms with Crippen LogP contribution in [0.5, 0.6) is 0 Å². The zero-order valence-electron chi connectivity index (χ0n) is 19.8. The summed E-state index contributed by atoms with van der Waals surface area (Å²) >= 11 is 0. The van der Waals surface area contributed by atoms with Crippen LogP contribution < -0.4 is 27.0 Å². The minimum absolute atomic E-state index is 0.0528. The van der Waals surface area contributed by atoms with Crippen LogP contribution in [0.4, 0.5) is 23.1 Å². The summed E-state index contributed by atoms with van der Waals surface area (Å²) in [7, 11) is 0. The SMILES string of the molecule is CC1(C)C(=O)Nc2c(-c3ccccc3)cc(Nc3nc(N4CCCC(N)C4)ncc3C(N)=O)cc21. The van der Waals surface area contributed by atoms with Gasteiger partial charge >= 0.3 is 0 Å². The van der Waals surface area contributed by atoms with Gasteiger partial charge in [-0.15, -0.1) is 0 Å². The van der Waals surface area contributed by atoms with E-state index in [1.807, 2.05) is 61.2 Å². The van der Waals surface area contributed by atoms with Crippen LogP contribution in [-0.2, 0) is 10.2 Å². The van der Waals surface area contributed by atoms with Gasteiger partial charge in [0.25, 0.3) is 5.91 Å². The molecule has 0 spiro atoms. The quantitative estimate of drug-likeness (QED) is 0.448. The summed E-state index contributed by atoms with van der Waals surface area (Å²) in [4.78, 5) is 36.0. The molecule has 2 aliphatic rings. The van der Waals surface area contributed by atoms with Gasteiger partial charge in [0.15, 0.2) is 0 Å². The van der Waals surface area contributed by atoms with Crippen molar-refractivity contribution in [2.24, 2.45) is 11.5 Å². The summed E-state index contributed by atoms with van der Waals surface area (Å²) in [5, 5.41) is 6.33. The molecular formula is C26H29N7O2. The molecule has 0 bridgehead atoms. The highest BCUT2D eigenvalue weighted by Crippen LogP contribution is 2.45. The molecule has 1 atom stereocenters. The predicted octanol–water partition coefficient (Wildman–Crippen LogP) is 3.14. The number of carbonyl (C=O) groups is 2. The summed E-state index contributed by atoms with van der Waals surface area (Å²) in [6.07, 6.45) is 3.36. The van der Waals surface area contributed by atoms with E-state index >= 15 is 0 Å². The van der Waals surface area contributed by atoms with Gasteiger partial charge in [0.2, 0.25) is 11.9 Å². The van der Waals surface area contributed by atoms with Crippen LogP contribution in [0.25, 0.3) is 11.1 Å². The molecule has 1 fully saturated rings. The third-order valence-electron chi connectivity index (χ3n) is 6.75. The van der Waals surface area contributed by atoms with Crippen molar-refractivity contribution in [3.63, 3.8) is 0 Å². The Morgan fingerprint density at radius 1 is 1.23 bits per heavy atom. The second-order valence-corrected chi connectivity index (χ2v) is 9.66. The van der Waals surface area contributed by atoms with E-state index in [0.717, 1.165) is 41.8 Å². The monoisotopic (exact) mass is 471 g/mol. The Bertz CT molecular complexity index is 1310. The van der Waals surface area contributed by atoms with E-state index in [-0.39, 0.29) is 17.5 Å². The zero-order valence-corrected chi connectivity index (χ0v) is 19.8. The van der Waals surface area contributed by atoms with Gasteiger partial charge in [-0.2, -0.15) is 4.98 Å². The Balaban J connectivity index is 1.60. The van der Waals surface area contributed by atoms with E-state index < -0.39 is 11.3 Å². The number of anilines is 4. The number of nitrogens with zero attached hydrogens (tertiary/aromatic N) is 3. The number of hydrogen-bond donors (Lipinski definition) is 4. The van der Waals surface area contributed by atoms with E-state index in [0.29, 0.717) is 24.0 Å². The lowest BCUT2D eigenvalue weighted by Gasteiger charge is -2.31. The molecule has 180 valence electrons. The Kier molecular flexibility index (Phi) is 5.64. The van der Waals surface area contributed by atoms with Crippen LogP contribution >= 0.6 is 0 Å². The number of piperidine rings is 1. The minimum Gasteiger partial charge on any atom is -0.365 e. The minimum atomic E-state index is -0.718. The van der Waals surface area contributed by atoms with Crippen molar-refractivity contribution in [1.29, 1.82) is 0 Å². The molecular weight excluding hydrogens is 442 g/mol. The molecule has 0 aliphatic carbocycles. The third-order valence-corrected chi connectivity index (χ3v) is 6.75. The van der Waals surface area contributed by atoms with Crippen molar-refractivity contribution < 1.29 is 9.59 Å². The van der Waals surface area contributed by atoms with Crippen molar-refractivity contribution in [3.8, 4) is 11.1 Å². The number of hydrogen-bond acceptors (Lipinski definition) is 7. The summed E-state index contributed by atoms with van der Waals surface area (Å²) < 4.78 is 0. The first-order chi connectivity index (χ1) is 16.7. The van der Waals surface area contributed by atoms with Gasteiger partial charge in [-0.05, 0) is 49.9 Å². The fourth-order valence-electron chi connectivity index (χ4n) is 4.71. The number of fused-ring (bicyclic) bond motifs is 1. The van der Waals surface area contributed by atoms with Gasteiger partial charge in [-0.1, -0.05) is 30.3 Å². The topological polar surface area (TPSA) is 139 Å². The van der Waals surface area contributed by atoms with Crippen LogP contribution in [0.2, 0.25) is 0 Å². The first-order valence-electron chi connectivity index (χ1n) is 11.7. The average molecular weight is 472 g/mol. The number of primary amides is 1. The van der Waals surface area contributed by atoms with Gasteiger partial charge in [0, 0.05) is 36.6 Å². The molecule has 2 aliphatic heterocycles. The average Bonchev–Trinajstić information content (AvgIpc) is 3.07. The first kappa shape index (κ1) is 22.8. The largest absolute Gasteiger partial charge is 0.365 e. The normalized spacial score (nSPS) is 18.7. The van der Waals surface area contributed by atoms with Crippen molar-refractivity contribution >= 4 is 35.0 Å². The van der Waals surface area contributed by atoms with Crippen molar-refractivity contribution in [2.45, 2.75) is 38.1 Å². The molecule has 0 radical (unpaired) electrons. The van der Waals surface area contributed by atoms with E-state index in [4.69, 9.17) is 11.5 Å². The van der Waals surface area contributed by atoms with E-state index in [1.165, 1.54) is 6.20 Å². The Hall–Kier alpha value is -3.98. The first-order valence-corrected chi connectivity index (χ1v) is 11.7. The molecule has 1 aromatic heterocycles. The Morgan fingerprint density at radius 2 is 2.00 bits per heavy atom. The number of nitrogens with one attached hydrogen (secondary N) is 2. The lowest BCUT2D eigenvalue weighted by atomic mass is 9.84. The maximum absolute atomic E-state index is 12.8. The number of aromatic nitrogens is 2. The maximum atomic E-state index is 12.8. The molecule has 5 rings (SSSR count). The van der Waals surface area contributed by atoms with Gasteiger partial charge in [-0.25, -0.2) is 4.98 Å². The van der Waals surface area contributed by atoms with Gasteiger partial charge < -0.3 is 27.0 Å². The van der Waals surface area contributed by atoms with Crippen LogP contribution in [-0.4, -0.2) is 40.9 Å². The van der Waals surface area contributed by atoms with Gasteiger partial charge in [-0.3, -0.25) is 9.59 Å². The number of nitrogens with two attached hydrogens (primary N) is 2. The highest BCUT2D eigenvalue weighted by Gasteiger charge is 2.40. The number of carbonyl (C=O) groups excluding carboxylic acids is 2. The van der Waals surface area contributed by atoms with E-state index in [2.05, 4.69) is 20.6 Å². The van der Waals surface area contributed by atoms with Gasteiger partial charge in [0.1, 0.15) is 11.4 Å². The van der Waals surface area contributed by atoms with Crippen LogP contribution in [0.3, 0.4) is 0 Å². The van der Waals surface area contributed by atoms with Gasteiger partial charge in [0.05, 0.1) is 11.1 Å². The molecule has 0 saturated carbocycles. The molecule has 9 nitrogen and oxygen atoms in total. The summed E-state index contributed by atoms with van der Waals surface area (Å²) in [5.41, 5.74) is 15.4. The Morgan fingerprint density at radius 3 is 2.71 bits per heavy atom. The van der Waals surface area contributed by atoms with Crippen molar-refractivity contribution in [2.75, 3.05) is 28.6 Å². The van der Waals surface area contributed by atoms with Crippen molar-refractivity contribution in [1.82, 2.24) is 9.97 Å². The van der Waals surface area contributed by atoms with Crippen LogP contribution in [0, 0.1) is 0 Å². The van der Waals surface area contributed by atoms with E-state index in [1.54, 1.807) is 0 Å². The van der Waals surface area contributed by atoms with Crippen molar-refractivity contribution in [3.05, 3.63) is 59.8 Å². The predicted molar refractivity (Wildman–Crippen MR) is 137 cm³/mol. The molecule has 2 aromatic carbocycles. The molecule has 3 aromatic rings. The maximum Gasteiger partial charge on any atom is 0.254 e. The highest BCUT2D eigenvalue weighted by atomic mass is 16.2. The smallest absolute Gasteiger partial charge is 0.254 e. The fraction of sp³-hybridized carbons (Fsp3) is 0.308. The fourth-order valence-corrected chi connectivity index (χ4v) is 4.71. The molecule has 1 unspecified atom stereocenters. The molecule has 9 heteroatoms. The molecule has 3 heterocycles. The number of rotatable bonds is 5. The molecule has 1 saturated heterocycles. The second kappa shape index (κ2) is 8.66. The Labute approximate surface area is 203 Å². The zero-order chi connectivity index (χ0) is 24.7. The second-order valence-electron chi connectivity index (χ2n) is 9.66.